The van der Waals surface area contributed by atoms with Crippen molar-refractivity contribution in [2.45, 2.75) is 0 Å². The van der Waals surface area contributed by atoms with Crippen molar-refractivity contribution in [3.63, 3.8) is 0 Å². The fourth-order valence-corrected chi connectivity index (χ4v) is 4.60. The van der Waals surface area contributed by atoms with E-state index in [0.29, 0.717) is 11.2 Å². The van der Waals surface area contributed by atoms with Gasteiger partial charge in [0.1, 0.15) is 10.7 Å². The maximum absolute atomic E-state index is 12.4. The fraction of sp³-hybridized carbons (Fsp3) is 0. The Morgan fingerprint density at radius 3 is 2.82 bits per heavy atom. The molecule has 1 N–H and O–H groups in total. The molecule has 0 bridgehead atoms. The van der Waals surface area contributed by atoms with Gasteiger partial charge < -0.3 is 4.98 Å². The Hall–Kier alpha value is -2.02. The van der Waals surface area contributed by atoms with Crippen LogP contribution in [0.15, 0.2) is 44.5 Å². The molecule has 0 aliphatic rings. The predicted molar refractivity (Wildman–Crippen MR) is 96.8 cm³/mol. The van der Waals surface area contributed by atoms with Crippen molar-refractivity contribution in [2.75, 3.05) is 0 Å². The molecule has 0 aliphatic carbocycles. The van der Waals surface area contributed by atoms with E-state index in [1.165, 1.54) is 11.3 Å². The van der Waals surface area contributed by atoms with Gasteiger partial charge in [0.15, 0.2) is 0 Å². The average Bonchev–Trinajstić information content (AvgIpc) is 3.25. The summed E-state index contributed by atoms with van der Waals surface area (Å²) in [7, 11) is 0. The second kappa shape index (κ2) is 5.64. The van der Waals surface area contributed by atoms with Crippen molar-refractivity contribution in [1.29, 1.82) is 0 Å². The first-order valence-electron chi connectivity index (χ1n) is 6.57. The van der Waals surface area contributed by atoms with Gasteiger partial charge in [-0.05, 0) is 39.9 Å². The number of H-pyrrole nitrogens is 1. The van der Waals surface area contributed by atoms with E-state index >= 15 is 0 Å². The maximum Gasteiger partial charge on any atom is 0.260 e. The minimum atomic E-state index is -0.0837. The van der Waals surface area contributed by atoms with Gasteiger partial charge >= 0.3 is 0 Å². The lowest BCUT2D eigenvalue weighted by Crippen LogP contribution is -2.08. The number of thiophene rings is 3. The zero-order valence-electron chi connectivity index (χ0n) is 11.3. The summed E-state index contributed by atoms with van der Waals surface area (Å²) in [6.45, 7) is 0. The number of fused-ring (bicyclic) bond motifs is 1. The van der Waals surface area contributed by atoms with Crippen molar-refractivity contribution in [2.24, 2.45) is 0 Å². The zero-order chi connectivity index (χ0) is 14.9. The van der Waals surface area contributed by atoms with Gasteiger partial charge in [-0.2, -0.15) is 11.3 Å². The number of hydrogen-bond acceptors (Lipinski definition) is 5. The molecule has 0 radical (unpaired) electrons. The molecule has 0 unspecified atom stereocenters. The standard InChI is InChI=1S/C16H10N2OS3/c19-15-14-11(12-2-1-6-21-12)9-22-16(14)18-13(17-15)4-3-10-5-7-20-8-10/h1-9H,(H,17,18,19). The highest BCUT2D eigenvalue weighted by molar-refractivity contribution is 7.18. The zero-order valence-corrected chi connectivity index (χ0v) is 13.7. The van der Waals surface area contributed by atoms with Crippen molar-refractivity contribution < 1.29 is 0 Å². The second-order valence-electron chi connectivity index (χ2n) is 4.65. The Bertz CT molecular complexity index is 992. The van der Waals surface area contributed by atoms with Gasteiger partial charge in [0.25, 0.3) is 5.56 Å². The molecule has 0 fully saturated rings. The average molecular weight is 342 g/mol. The number of nitrogens with zero attached hydrogens (tertiary/aromatic N) is 1. The highest BCUT2D eigenvalue weighted by Crippen LogP contribution is 2.33. The van der Waals surface area contributed by atoms with Crippen LogP contribution in [-0.4, -0.2) is 9.97 Å². The van der Waals surface area contributed by atoms with E-state index in [1.54, 1.807) is 22.7 Å². The Kier molecular flexibility index (Phi) is 3.49. The largest absolute Gasteiger partial charge is 0.306 e. The van der Waals surface area contributed by atoms with Gasteiger partial charge in [-0.3, -0.25) is 4.79 Å². The summed E-state index contributed by atoms with van der Waals surface area (Å²) in [5.41, 5.74) is 2.00. The molecule has 0 saturated heterocycles. The van der Waals surface area contributed by atoms with Crippen LogP contribution < -0.4 is 5.56 Å². The van der Waals surface area contributed by atoms with Gasteiger partial charge in [-0.1, -0.05) is 12.1 Å². The van der Waals surface area contributed by atoms with Gasteiger partial charge in [-0.15, -0.1) is 22.7 Å². The van der Waals surface area contributed by atoms with Gasteiger partial charge in [0.2, 0.25) is 0 Å². The van der Waals surface area contributed by atoms with Crippen LogP contribution in [0.1, 0.15) is 11.4 Å². The summed E-state index contributed by atoms with van der Waals surface area (Å²) < 4.78 is 0. The first kappa shape index (κ1) is 13.6. The van der Waals surface area contributed by atoms with E-state index < -0.39 is 0 Å². The van der Waals surface area contributed by atoms with Crippen molar-refractivity contribution >= 4 is 56.4 Å². The van der Waals surface area contributed by atoms with Crippen LogP contribution in [0.25, 0.3) is 32.8 Å². The van der Waals surface area contributed by atoms with E-state index in [-0.39, 0.29) is 5.56 Å². The van der Waals surface area contributed by atoms with Crippen LogP contribution in [0.2, 0.25) is 0 Å². The quantitative estimate of drug-likeness (QED) is 0.573. The smallest absolute Gasteiger partial charge is 0.260 e. The van der Waals surface area contributed by atoms with E-state index in [1.807, 2.05) is 51.9 Å². The molecule has 0 aromatic carbocycles. The lowest BCUT2D eigenvalue weighted by molar-refractivity contribution is 1.15. The molecule has 4 aromatic heterocycles. The lowest BCUT2D eigenvalue weighted by Gasteiger charge is -1.97. The summed E-state index contributed by atoms with van der Waals surface area (Å²) in [6.07, 6.45) is 3.79. The third-order valence-corrected chi connectivity index (χ3v) is 5.70. The fourth-order valence-electron chi connectivity index (χ4n) is 2.20. The van der Waals surface area contributed by atoms with Crippen molar-refractivity contribution in [3.05, 3.63) is 61.5 Å². The van der Waals surface area contributed by atoms with Crippen molar-refractivity contribution in [1.82, 2.24) is 9.97 Å². The number of nitrogens with one attached hydrogen (secondary N) is 1. The van der Waals surface area contributed by atoms with Crippen LogP contribution in [0.5, 0.6) is 0 Å². The number of rotatable bonds is 3. The first-order valence-corrected chi connectivity index (χ1v) is 9.27. The van der Waals surface area contributed by atoms with Crippen LogP contribution >= 0.6 is 34.0 Å². The molecule has 108 valence electrons. The Labute approximate surface area is 138 Å². The molecule has 22 heavy (non-hydrogen) atoms. The molecule has 0 spiro atoms. The van der Waals surface area contributed by atoms with Crippen LogP contribution in [0.4, 0.5) is 0 Å². The summed E-state index contributed by atoms with van der Waals surface area (Å²) in [4.78, 5) is 21.7. The van der Waals surface area contributed by atoms with Gasteiger partial charge in [0, 0.05) is 15.8 Å². The minimum absolute atomic E-state index is 0.0837. The third-order valence-electron chi connectivity index (χ3n) is 3.23. The minimum Gasteiger partial charge on any atom is -0.306 e. The van der Waals surface area contributed by atoms with Crippen LogP contribution in [0, 0.1) is 0 Å². The van der Waals surface area contributed by atoms with Gasteiger partial charge in [0.05, 0.1) is 5.39 Å². The molecule has 3 nitrogen and oxygen atoms in total. The van der Waals surface area contributed by atoms with Crippen molar-refractivity contribution in [3.8, 4) is 10.4 Å². The topological polar surface area (TPSA) is 45.8 Å². The maximum atomic E-state index is 12.4. The molecule has 4 rings (SSSR count). The first-order chi connectivity index (χ1) is 10.8. The SMILES string of the molecule is O=c1[nH]c(C=Cc2ccsc2)nc2scc(-c3cccs3)c12. The van der Waals surface area contributed by atoms with E-state index in [2.05, 4.69) is 9.97 Å². The summed E-state index contributed by atoms with van der Waals surface area (Å²) >= 11 is 4.78. The molecular weight excluding hydrogens is 332 g/mol. The highest BCUT2D eigenvalue weighted by atomic mass is 32.1. The van der Waals surface area contributed by atoms with E-state index in [4.69, 9.17) is 0 Å². The van der Waals surface area contributed by atoms with E-state index in [0.717, 1.165) is 20.8 Å². The van der Waals surface area contributed by atoms with Crippen LogP contribution in [-0.2, 0) is 0 Å². The molecule has 4 aromatic rings. The summed E-state index contributed by atoms with van der Waals surface area (Å²) in [6, 6.07) is 6.04. The van der Waals surface area contributed by atoms with Gasteiger partial charge in [-0.25, -0.2) is 4.98 Å². The number of hydrogen-bond donors (Lipinski definition) is 1. The molecular formula is C16H10N2OS3. The molecule has 0 atom stereocenters. The van der Waals surface area contributed by atoms with E-state index in [9.17, 15) is 4.79 Å². The Balaban J connectivity index is 1.80. The Morgan fingerprint density at radius 1 is 1.09 bits per heavy atom. The predicted octanol–water partition coefficient (Wildman–Crippen LogP) is 4.95. The second-order valence-corrected chi connectivity index (χ2v) is 7.23. The Morgan fingerprint density at radius 2 is 2.05 bits per heavy atom. The highest BCUT2D eigenvalue weighted by Gasteiger charge is 2.12. The number of aromatic nitrogens is 2. The van der Waals surface area contributed by atoms with Crippen LogP contribution in [0.3, 0.4) is 0 Å². The molecule has 0 amide bonds. The summed E-state index contributed by atoms with van der Waals surface area (Å²) in [5, 5.41) is 8.77. The molecule has 0 saturated carbocycles. The lowest BCUT2D eigenvalue weighted by atomic mass is 10.2. The molecule has 6 heteroatoms. The molecule has 0 aliphatic heterocycles. The monoisotopic (exact) mass is 342 g/mol. The normalized spacial score (nSPS) is 11.6. The number of aromatic amines is 1. The summed E-state index contributed by atoms with van der Waals surface area (Å²) in [5.74, 6) is 0.586. The third kappa shape index (κ3) is 2.45. The molecule has 4 heterocycles.